The summed E-state index contributed by atoms with van der Waals surface area (Å²) < 4.78 is 31.9. The topological polar surface area (TPSA) is 149 Å². The Balaban J connectivity index is 2.10. The fourth-order valence-corrected chi connectivity index (χ4v) is 4.98. The Hall–Kier alpha value is -3.78. The minimum atomic E-state index is -1.24. The van der Waals surface area contributed by atoms with Gasteiger partial charge in [-0.05, 0) is 45.1 Å². The van der Waals surface area contributed by atoms with E-state index in [2.05, 4.69) is 5.32 Å². The van der Waals surface area contributed by atoms with Crippen LogP contribution >= 0.6 is 12.2 Å². The average molecular weight is 593 g/mol. The number of rotatable bonds is 10. The van der Waals surface area contributed by atoms with Gasteiger partial charge in [-0.25, -0.2) is 4.68 Å². The number of nitrogens with one attached hydrogen (secondary N) is 1. The second-order valence-electron chi connectivity index (χ2n) is 9.95. The fourth-order valence-electron chi connectivity index (χ4n) is 4.52. The molecule has 14 heteroatoms. The van der Waals surface area contributed by atoms with Crippen molar-refractivity contribution in [3.8, 4) is 5.75 Å². The molecule has 0 saturated carbocycles. The highest BCUT2D eigenvalue weighted by Crippen LogP contribution is 2.33. The zero-order chi connectivity index (χ0) is 30.4. The summed E-state index contributed by atoms with van der Waals surface area (Å²) in [6.45, 7) is 10.4. The maximum absolute atomic E-state index is 12.3. The summed E-state index contributed by atoms with van der Waals surface area (Å²) in [6.07, 6.45) is -4.71. The largest absolute Gasteiger partial charge is 0.486 e. The third kappa shape index (κ3) is 8.13. The van der Waals surface area contributed by atoms with Crippen molar-refractivity contribution in [2.24, 2.45) is 0 Å². The number of carbonyl (C=O) groups is 4. The molecule has 1 aromatic carbocycles. The highest BCUT2D eigenvalue weighted by molar-refractivity contribution is 7.71. The number of benzene rings is 1. The molecule has 1 aromatic heterocycles. The van der Waals surface area contributed by atoms with Gasteiger partial charge in [0.2, 0.25) is 10.7 Å². The second-order valence-corrected chi connectivity index (χ2v) is 10.3. The van der Waals surface area contributed by atoms with E-state index in [-0.39, 0.29) is 24.0 Å². The van der Waals surface area contributed by atoms with E-state index in [1.54, 1.807) is 4.57 Å². The minimum absolute atomic E-state index is 0.0652. The molecule has 0 unspecified atom stereocenters. The lowest BCUT2D eigenvalue weighted by Gasteiger charge is -2.45. The van der Waals surface area contributed by atoms with Crippen LogP contribution in [0.5, 0.6) is 5.75 Å². The first kappa shape index (κ1) is 31.7. The van der Waals surface area contributed by atoms with E-state index >= 15 is 0 Å². The Labute approximate surface area is 243 Å². The molecule has 2 heterocycles. The standard InChI is InChI=1S/C27H36N4O9S/c1-14(2)30-22(13-37-20-10-8-15(3)9-11-20)29-31(27(30)41)26-23(28-16(4)32)25(39-19(7)35)24(38-18(6)34)21(40-26)12-36-17(5)33/h8-11,14,21,23-26H,12-13H2,1-7H3,(H,28,32)/t21-,23-,24-,25-,26-/m1/s1. The third-order valence-electron chi connectivity index (χ3n) is 6.14. The molecule has 3 rings (SSSR count). The highest BCUT2D eigenvalue weighted by Gasteiger charge is 2.52. The number of amides is 1. The maximum atomic E-state index is 12.3. The molecule has 0 spiro atoms. The molecule has 1 aliphatic heterocycles. The van der Waals surface area contributed by atoms with Crippen LogP contribution in [0.15, 0.2) is 24.3 Å². The molecule has 1 amide bonds. The molecule has 224 valence electrons. The maximum Gasteiger partial charge on any atom is 0.303 e. The average Bonchev–Trinajstić information content (AvgIpc) is 3.20. The summed E-state index contributed by atoms with van der Waals surface area (Å²) in [5, 5.41) is 7.43. The van der Waals surface area contributed by atoms with E-state index < -0.39 is 54.4 Å². The van der Waals surface area contributed by atoms with Crippen molar-refractivity contribution in [2.45, 2.75) is 91.7 Å². The van der Waals surface area contributed by atoms with E-state index in [9.17, 15) is 19.2 Å². The summed E-state index contributed by atoms with van der Waals surface area (Å²) in [4.78, 5) is 48.2. The summed E-state index contributed by atoms with van der Waals surface area (Å²) in [6, 6.07) is 6.31. The normalized spacial score (nSPS) is 22.1. The first-order valence-corrected chi connectivity index (χ1v) is 13.5. The Morgan fingerprint density at radius 3 is 2.15 bits per heavy atom. The minimum Gasteiger partial charge on any atom is -0.486 e. The molecule has 41 heavy (non-hydrogen) atoms. The van der Waals surface area contributed by atoms with Crippen LogP contribution in [0.2, 0.25) is 0 Å². The molecule has 1 fully saturated rings. The summed E-state index contributed by atoms with van der Waals surface area (Å²) >= 11 is 5.79. The van der Waals surface area contributed by atoms with Crippen LogP contribution in [0.1, 0.15) is 65.2 Å². The van der Waals surface area contributed by atoms with Gasteiger partial charge in [-0.2, -0.15) is 5.10 Å². The molecule has 5 atom stereocenters. The van der Waals surface area contributed by atoms with Crippen molar-refractivity contribution in [3.63, 3.8) is 0 Å². The molecule has 0 aliphatic carbocycles. The van der Waals surface area contributed by atoms with Gasteiger partial charge in [-0.3, -0.25) is 23.7 Å². The zero-order valence-corrected chi connectivity index (χ0v) is 24.9. The van der Waals surface area contributed by atoms with E-state index in [0.717, 1.165) is 5.56 Å². The second kappa shape index (κ2) is 13.7. The van der Waals surface area contributed by atoms with Gasteiger partial charge >= 0.3 is 17.9 Å². The van der Waals surface area contributed by atoms with Crippen LogP contribution in [-0.2, 0) is 44.7 Å². The Morgan fingerprint density at radius 2 is 1.61 bits per heavy atom. The summed E-state index contributed by atoms with van der Waals surface area (Å²) in [7, 11) is 0. The number of carbonyl (C=O) groups excluding carboxylic acids is 4. The number of aryl methyl sites for hydroxylation is 1. The summed E-state index contributed by atoms with van der Waals surface area (Å²) in [5.74, 6) is -1.36. The van der Waals surface area contributed by atoms with Crippen LogP contribution < -0.4 is 10.1 Å². The molecular weight excluding hydrogens is 556 g/mol. The highest BCUT2D eigenvalue weighted by atomic mass is 32.1. The van der Waals surface area contributed by atoms with Gasteiger partial charge in [-0.1, -0.05) is 17.7 Å². The van der Waals surface area contributed by atoms with Crippen molar-refractivity contribution in [2.75, 3.05) is 6.61 Å². The van der Waals surface area contributed by atoms with Crippen LogP contribution in [0, 0.1) is 11.7 Å². The quantitative estimate of drug-likeness (QED) is 0.247. The smallest absolute Gasteiger partial charge is 0.303 e. The monoisotopic (exact) mass is 592 g/mol. The van der Waals surface area contributed by atoms with Gasteiger partial charge in [0, 0.05) is 33.7 Å². The number of aromatic nitrogens is 3. The van der Waals surface area contributed by atoms with E-state index in [1.807, 2.05) is 45.0 Å². The third-order valence-corrected chi connectivity index (χ3v) is 6.52. The van der Waals surface area contributed by atoms with Gasteiger partial charge in [0.1, 0.15) is 31.1 Å². The van der Waals surface area contributed by atoms with E-state index in [1.165, 1.54) is 32.4 Å². The molecular formula is C27H36N4O9S. The molecule has 1 saturated heterocycles. The SMILES string of the molecule is CC(=O)N[C@@H]1[C@@H](OC(C)=O)[C@H](OC(C)=O)[C@@H](COC(C)=O)O[C@H]1n1nc(COc2ccc(C)cc2)n(C(C)C)c1=S. The molecule has 1 aliphatic rings. The van der Waals surface area contributed by atoms with Crippen LogP contribution in [-0.4, -0.2) is 69.1 Å². The van der Waals surface area contributed by atoms with E-state index in [0.29, 0.717) is 11.6 Å². The first-order chi connectivity index (χ1) is 19.3. The molecule has 13 nitrogen and oxygen atoms in total. The van der Waals surface area contributed by atoms with Crippen LogP contribution in [0.25, 0.3) is 0 Å². The number of nitrogens with zero attached hydrogens (tertiary/aromatic N) is 3. The lowest BCUT2D eigenvalue weighted by atomic mass is 9.95. The number of hydrogen-bond donors (Lipinski definition) is 1. The Kier molecular flexibility index (Phi) is 10.6. The van der Waals surface area contributed by atoms with E-state index in [4.69, 9.17) is 41.0 Å². The zero-order valence-electron chi connectivity index (χ0n) is 24.1. The van der Waals surface area contributed by atoms with Crippen molar-refractivity contribution < 1.29 is 42.9 Å². The predicted molar refractivity (Wildman–Crippen MR) is 146 cm³/mol. The first-order valence-electron chi connectivity index (χ1n) is 13.1. The molecule has 1 N–H and O–H groups in total. The van der Waals surface area contributed by atoms with Crippen LogP contribution in [0.3, 0.4) is 0 Å². The number of hydrogen-bond acceptors (Lipinski definition) is 11. The van der Waals surface area contributed by atoms with Gasteiger partial charge in [0.15, 0.2) is 24.3 Å². The van der Waals surface area contributed by atoms with Crippen LogP contribution in [0.4, 0.5) is 0 Å². The molecule has 2 aromatic rings. The Bertz CT molecular complexity index is 1320. The van der Waals surface area contributed by atoms with Crippen molar-refractivity contribution in [1.82, 2.24) is 19.7 Å². The van der Waals surface area contributed by atoms with Gasteiger partial charge in [0.25, 0.3) is 0 Å². The van der Waals surface area contributed by atoms with Crippen molar-refractivity contribution in [1.29, 1.82) is 0 Å². The lowest BCUT2D eigenvalue weighted by molar-refractivity contribution is -0.239. The van der Waals surface area contributed by atoms with Gasteiger partial charge in [-0.15, -0.1) is 0 Å². The van der Waals surface area contributed by atoms with Crippen molar-refractivity contribution in [3.05, 3.63) is 40.4 Å². The van der Waals surface area contributed by atoms with Crippen molar-refractivity contribution >= 4 is 36.0 Å². The number of esters is 3. The molecule has 0 radical (unpaired) electrons. The number of ether oxygens (including phenoxy) is 5. The predicted octanol–water partition coefficient (Wildman–Crippen LogP) is 2.71. The summed E-state index contributed by atoms with van der Waals surface area (Å²) in [5.41, 5.74) is 1.09. The van der Waals surface area contributed by atoms with Gasteiger partial charge < -0.3 is 29.0 Å². The fraction of sp³-hybridized carbons (Fsp3) is 0.556. The molecule has 0 bridgehead atoms. The van der Waals surface area contributed by atoms with Gasteiger partial charge in [0.05, 0.1) is 0 Å². The lowest BCUT2D eigenvalue weighted by Crippen LogP contribution is -2.64. The Morgan fingerprint density at radius 1 is 1.00 bits per heavy atom.